The van der Waals surface area contributed by atoms with E-state index in [1.54, 1.807) is 0 Å². The van der Waals surface area contributed by atoms with Crippen LogP contribution in [0, 0.1) is 10.1 Å². The van der Waals surface area contributed by atoms with Crippen molar-refractivity contribution in [1.29, 1.82) is 0 Å². The number of rotatable bonds is 3. The molecule has 1 aliphatic heterocycles. The standard InChI is InChI=1S/C15H11N5O3S/c21-13-11-8-10(20(22)23)6-7-12(11)17-14(13)18-19-15(24)16-9-4-2-1-3-5-9/h1-8H,(H2,16,19,24)(H,17,18,21). The van der Waals surface area contributed by atoms with Crippen LogP contribution in [0.4, 0.5) is 17.1 Å². The third-order valence-corrected chi connectivity index (χ3v) is 3.42. The molecule has 0 saturated heterocycles. The Kier molecular flexibility index (Phi) is 4.17. The average Bonchev–Trinajstić information content (AvgIpc) is 2.89. The van der Waals surface area contributed by atoms with Crippen LogP contribution in [0.25, 0.3) is 0 Å². The highest BCUT2D eigenvalue weighted by atomic mass is 32.1. The number of amidine groups is 1. The molecule has 120 valence electrons. The number of ketones is 1. The maximum Gasteiger partial charge on any atom is 0.270 e. The van der Waals surface area contributed by atoms with Crippen LogP contribution in [-0.4, -0.2) is 21.7 Å². The van der Waals surface area contributed by atoms with Gasteiger partial charge in [0.1, 0.15) is 0 Å². The van der Waals surface area contributed by atoms with Gasteiger partial charge in [-0.05, 0) is 30.4 Å². The summed E-state index contributed by atoms with van der Waals surface area (Å²) in [5.74, 6) is -0.425. The van der Waals surface area contributed by atoms with E-state index in [1.807, 2.05) is 30.3 Å². The minimum Gasteiger partial charge on any atom is -0.335 e. The number of nitrogens with one attached hydrogen (secondary N) is 3. The summed E-state index contributed by atoms with van der Waals surface area (Å²) in [4.78, 5) is 22.5. The van der Waals surface area contributed by atoms with E-state index in [2.05, 4.69) is 21.2 Å². The van der Waals surface area contributed by atoms with Crippen molar-refractivity contribution >= 4 is 46.0 Å². The molecule has 0 fully saturated rings. The lowest BCUT2D eigenvalue weighted by Crippen LogP contribution is -2.27. The summed E-state index contributed by atoms with van der Waals surface area (Å²) in [7, 11) is 0. The molecule has 0 unspecified atom stereocenters. The first kappa shape index (κ1) is 15.6. The predicted octanol–water partition coefficient (Wildman–Crippen LogP) is 2.50. The first-order valence-corrected chi connectivity index (χ1v) is 7.25. The fourth-order valence-electron chi connectivity index (χ4n) is 2.12. The first-order chi connectivity index (χ1) is 11.5. The maximum absolute atomic E-state index is 12.2. The van der Waals surface area contributed by atoms with Crippen molar-refractivity contribution in [3.8, 4) is 0 Å². The van der Waals surface area contributed by atoms with Gasteiger partial charge < -0.3 is 10.6 Å². The monoisotopic (exact) mass is 341 g/mol. The van der Waals surface area contributed by atoms with Crippen molar-refractivity contribution < 1.29 is 9.72 Å². The lowest BCUT2D eigenvalue weighted by atomic mass is 10.1. The molecule has 0 spiro atoms. The van der Waals surface area contributed by atoms with Crippen LogP contribution < -0.4 is 16.1 Å². The molecule has 24 heavy (non-hydrogen) atoms. The molecule has 0 saturated carbocycles. The molecule has 1 heterocycles. The molecular formula is C15H11N5O3S. The van der Waals surface area contributed by atoms with Crippen molar-refractivity contribution in [2.45, 2.75) is 0 Å². The molecule has 0 aliphatic carbocycles. The Morgan fingerprint density at radius 1 is 1.21 bits per heavy atom. The van der Waals surface area contributed by atoms with Crippen molar-refractivity contribution in [1.82, 2.24) is 5.43 Å². The van der Waals surface area contributed by atoms with Crippen molar-refractivity contribution in [2.75, 3.05) is 10.6 Å². The Hall–Kier alpha value is -3.33. The average molecular weight is 341 g/mol. The topological polar surface area (TPSA) is 109 Å². The summed E-state index contributed by atoms with van der Waals surface area (Å²) in [6, 6.07) is 13.2. The number of nitrogens with zero attached hydrogens (tertiary/aromatic N) is 2. The van der Waals surface area contributed by atoms with Crippen LogP contribution in [0.3, 0.4) is 0 Å². The second kappa shape index (κ2) is 6.42. The Morgan fingerprint density at radius 3 is 2.67 bits per heavy atom. The highest BCUT2D eigenvalue weighted by Gasteiger charge is 2.28. The third-order valence-electron chi connectivity index (χ3n) is 3.23. The van der Waals surface area contributed by atoms with Crippen molar-refractivity contribution in [3.63, 3.8) is 0 Å². The zero-order valence-electron chi connectivity index (χ0n) is 12.1. The van der Waals surface area contributed by atoms with Crippen LogP contribution in [0.15, 0.2) is 53.6 Å². The number of para-hydroxylation sites is 1. The zero-order chi connectivity index (χ0) is 17.1. The summed E-state index contributed by atoms with van der Waals surface area (Å²) in [5.41, 5.74) is 3.86. The van der Waals surface area contributed by atoms with Crippen LogP contribution >= 0.6 is 12.2 Å². The molecule has 0 amide bonds. The number of carbonyl (C=O) groups excluding carboxylic acids is 1. The van der Waals surface area contributed by atoms with Gasteiger partial charge in [0.15, 0.2) is 10.9 Å². The van der Waals surface area contributed by atoms with E-state index in [9.17, 15) is 14.9 Å². The number of hydrazone groups is 1. The Labute approximate surface area is 141 Å². The summed E-state index contributed by atoms with van der Waals surface area (Å²) in [6.07, 6.45) is 0. The maximum atomic E-state index is 12.2. The normalized spacial score (nSPS) is 14.0. The van der Waals surface area contributed by atoms with E-state index in [0.29, 0.717) is 5.69 Å². The van der Waals surface area contributed by atoms with Gasteiger partial charge in [-0.15, -0.1) is 0 Å². The van der Waals surface area contributed by atoms with Gasteiger partial charge in [-0.1, -0.05) is 18.2 Å². The minimum absolute atomic E-state index is 0.0164. The molecule has 2 aromatic rings. The molecule has 0 aromatic heterocycles. The minimum atomic E-state index is -0.556. The quantitative estimate of drug-likeness (QED) is 0.447. The number of thiocarbonyl (C=S) groups is 1. The highest BCUT2D eigenvalue weighted by molar-refractivity contribution is 7.80. The lowest BCUT2D eigenvalue weighted by molar-refractivity contribution is -0.384. The van der Waals surface area contributed by atoms with E-state index < -0.39 is 10.7 Å². The Bertz CT molecular complexity index is 867. The van der Waals surface area contributed by atoms with E-state index >= 15 is 0 Å². The number of hydrogen-bond donors (Lipinski definition) is 3. The first-order valence-electron chi connectivity index (χ1n) is 6.84. The molecule has 0 radical (unpaired) electrons. The van der Waals surface area contributed by atoms with Gasteiger partial charge in [-0.3, -0.25) is 20.3 Å². The van der Waals surface area contributed by atoms with Crippen molar-refractivity contribution in [3.05, 3.63) is 64.2 Å². The van der Waals surface area contributed by atoms with Crippen LogP contribution in [0.2, 0.25) is 0 Å². The summed E-state index contributed by atoms with van der Waals surface area (Å²) in [5, 5.41) is 20.6. The van der Waals surface area contributed by atoms with Gasteiger partial charge in [0.05, 0.1) is 16.2 Å². The number of Topliss-reactive ketones (excluding diaryl/α,β-unsaturated/α-hetero) is 1. The molecule has 3 N–H and O–H groups in total. The molecule has 1 aliphatic rings. The fraction of sp³-hybridized carbons (Fsp3) is 0. The number of anilines is 2. The number of carbonyl (C=O) groups is 1. The summed E-state index contributed by atoms with van der Waals surface area (Å²) >= 11 is 5.09. The summed E-state index contributed by atoms with van der Waals surface area (Å²) in [6.45, 7) is 0. The SMILES string of the molecule is O=C1C(=NNC(=S)Nc2ccccc2)Nc2ccc([N+](=O)[O-])cc21. The van der Waals surface area contributed by atoms with Crippen LogP contribution in [-0.2, 0) is 0 Å². The number of fused-ring (bicyclic) bond motifs is 1. The number of hydrogen-bond acceptors (Lipinski definition) is 5. The second-order valence-corrected chi connectivity index (χ2v) is 5.24. The molecule has 0 bridgehead atoms. The predicted molar refractivity (Wildman–Crippen MR) is 94.3 cm³/mol. The van der Waals surface area contributed by atoms with Gasteiger partial charge in [0.2, 0.25) is 5.78 Å². The smallest absolute Gasteiger partial charge is 0.270 e. The number of non-ortho nitro benzene ring substituents is 1. The number of nitro groups is 1. The molecule has 2 aromatic carbocycles. The second-order valence-electron chi connectivity index (χ2n) is 4.83. The van der Waals surface area contributed by atoms with E-state index in [-0.39, 0.29) is 22.2 Å². The molecule has 9 heteroatoms. The van der Waals surface area contributed by atoms with Gasteiger partial charge in [-0.25, -0.2) is 0 Å². The van der Waals surface area contributed by atoms with E-state index in [4.69, 9.17) is 12.2 Å². The molecule has 0 atom stereocenters. The molecular weight excluding hydrogens is 330 g/mol. The van der Waals surface area contributed by atoms with Gasteiger partial charge in [0.25, 0.3) is 5.69 Å². The molecule has 8 nitrogen and oxygen atoms in total. The van der Waals surface area contributed by atoms with E-state index in [0.717, 1.165) is 5.69 Å². The largest absolute Gasteiger partial charge is 0.335 e. The van der Waals surface area contributed by atoms with E-state index in [1.165, 1.54) is 18.2 Å². The summed E-state index contributed by atoms with van der Waals surface area (Å²) < 4.78 is 0. The number of benzene rings is 2. The fourth-order valence-corrected chi connectivity index (χ4v) is 2.28. The van der Waals surface area contributed by atoms with Gasteiger partial charge in [0, 0.05) is 17.8 Å². The van der Waals surface area contributed by atoms with Gasteiger partial charge in [-0.2, -0.15) is 5.10 Å². The van der Waals surface area contributed by atoms with Gasteiger partial charge >= 0.3 is 0 Å². The van der Waals surface area contributed by atoms with Crippen LogP contribution in [0.1, 0.15) is 10.4 Å². The van der Waals surface area contributed by atoms with Crippen LogP contribution in [0.5, 0.6) is 0 Å². The Morgan fingerprint density at radius 2 is 1.96 bits per heavy atom. The Balaban J connectivity index is 1.70. The molecule has 3 rings (SSSR count). The zero-order valence-corrected chi connectivity index (χ0v) is 13.0. The number of nitro benzene ring substituents is 1. The van der Waals surface area contributed by atoms with Crippen molar-refractivity contribution in [2.24, 2.45) is 5.10 Å². The highest BCUT2D eigenvalue weighted by Crippen LogP contribution is 2.27. The lowest BCUT2D eigenvalue weighted by Gasteiger charge is -2.06. The third kappa shape index (κ3) is 3.20.